The number of hydrogen-bond acceptors (Lipinski definition) is 5. The lowest BCUT2D eigenvalue weighted by molar-refractivity contribution is 0.0748. The molecule has 0 spiro atoms. The van der Waals surface area contributed by atoms with E-state index in [1.165, 1.54) is 11.3 Å². The normalized spacial score (nSPS) is 13.6. The topological polar surface area (TPSA) is 53.1 Å². The number of carbonyl (C=O) groups excluding carboxylic acids is 2. The lowest BCUT2D eigenvalue weighted by Gasteiger charge is -2.36. The zero-order valence-corrected chi connectivity index (χ0v) is 21.5. The van der Waals surface area contributed by atoms with Gasteiger partial charge >= 0.3 is 0 Å². The van der Waals surface area contributed by atoms with Crippen molar-refractivity contribution >= 4 is 28.8 Å². The van der Waals surface area contributed by atoms with E-state index in [1.807, 2.05) is 90.5 Å². The Bertz CT molecular complexity index is 1150. The Balaban J connectivity index is 1.36. The summed E-state index contributed by atoms with van der Waals surface area (Å²) in [5.41, 5.74) is 3.89. The van der Waals surface area contributed by atoms with Crippen LogP contribution in [0.15, 0.2) is 60.0 Å². The molecular formula is C28H33N3O3S. The molecular weight excluding hydrogens is 458 g/mol. The Labute approximate surface area is 211 Å². The third-order valence-corrected chi connectivity index (χ3v) is 7.30. The Morgan fingerprint density at radius 3 is 2.29 bits per heavy atom. The number of nitrogens with zero attached hydrogens (tertiary/aromatic N) is 3. The van der Waals surface area contributed by atoms with E-state index in [-0.39, 0.29) is 11.8 Å². The lowest BCUT2D eigenvalue weighted by atomic mass is 10.1. The van der Waals surface area contributed by atoms with E-state index in [0.29, 0.717) is 38.3 Å². The second kappa shape index (κ2) is 11.4. The van der Waals surface area contributed by atoms with Crippen molar-refractivity contribution in [2.75, 3.05) is 50.8 Å². The highest BCUT2D eigenvalue weighted by Crippen LogP contribution is 2.29. The van der Waals surface area contributed by atoms with E-state index < -0.39 is 0 Å². The van der Waals surface area contributed by atoms with Crippen LogP contribution < -0.4 is 9.64 Å². The van der Waals surface area contributed by atoms with E-state index >= 15 is 0 Å². The Kier molecular flexibility index (Phi) is 8.08. The summed E-state index contributed by atoms with van der Waals surface area (Å²) in [5, 5.41) is 2.04. The number of anilines is 1. The first kappa shape index (κ1) is 24.8. The number of amides is 2. The molecule has 1 aliphatic rings. The zero-order valence-electron chi connectivity index (χ0n) is 20.7. The summed E-state index contributed by atoms with van der Waals surface area (Å²) < 4.78 is 5.61. The maximum absolute atomic E-state index is 13.1. The van der Waals surface area contributed by atoms with Crippen LogP contribution >= 0.6 is 11.3 Å². The number of rotatable bonds is 8. The number of hydrogen-bond donors (Lipinski definition) is 0. The van der Waals surface area contributed by atoms with Gasteiger partial charge in [0.1, 0.15) is 5.75 Å². The third kappa shape index (κ3) is 5.68. The van der Waals surface area contributed by atoms with Crippen molar-refractivity contribution in [1.29, 1.82) is 0 Å². The molecule has 0 atom stereocenters. The molecule has 0 bridgehead atoms. The van der Waals surface area contributed by atoms with Gasteiger partial charge in [-0.2, -0.15) is 0 Å². The molecule has 0 saturated carbocycles. The third-order valence-electron chi connectivity index (χ3n) is 6.39. The molecule has 184 valence electrons. The first-order valence-electron chi connectivity index (χ1n) is 12.3. The molecule has 1 fully saturated rings. The van der Waals surface area contributed by atoms with E-state index in [0.717, 1.165) is 40.5 Å². The van der Waals surface area contributed by atoms with Crippen LogP contribution in [-0.4, -0.2) is 67.5 Å². The fourth-order valence-corrected chi connectivity index (χ4v) is 5.25. The van der Waals surface area contributed by atoms with Crippen LogP contribution in [0.25, 0.3) is 11.1 Å². The van der Waals surface area contributed by atoms with Crippen LogP contribution in [0.3, 0.4) is 0 Å². The summed E-state index contributed by atoms with van der Waals surface area (Å²) in [5.74, 6) is 0.990. The second-order valence-corrected chi connectivity index (χ2v) is 9.38. The summed E-state index contributed by atoms with van der Waals surface area (Å²) in [6.07, 6.45) is 0. The highest BCUT2D eigenvalue weighted by atomic mass is 32.1. The van der Waals surface area contributed by atoms with Crippen LogP contribution in [0.2, 0.25) is 0 Å². The quantitative estimate of drug-likeness (QED) is 0.431. The SMILES string of the molecule is CCOc1cccc(-c2csc(C(=O)N3CCN(c4ccc(C(=O)N(CC)CC)cc4)CC3)c2)c1. The average Bonchev–Trinajstić information content (AvgIpc) is 3.40. The van der Waals surface area contributed by atoms with E-state index in [9.17, 15) is 9.59 Å². The number of ether oxygens (including phenoxy) is 1. The molecule has 1 saturated heterocycles. The number of piperazine rings is 1. The van der Waals surface area contributed by atoms with Gasteiger partial charge in [-0.3, -0.25) is 9.59 Å². The fourth-order valence-electron chi connectivity index (χ4n) is 4.36. The average molecular weight is 492 g/mol. The van der Waals surface area contributed by atoms with Gasteiger partial charge in [0.05, 0.1) is 11.5 Å². The molecule has 3 aromatic rings. The molecule has 2 heterocycles. The standard InChI is InChI=1S/C28H33N3O3S/c1-4-29(5-2)27(32)21-10-12-24(13-11-21)30-14-16-31(17-15-30)28(33)26-19-23(20-35-26)22-8-7-9-25(18-22)34-6-3/h7-13,18-20H,4-6,14-17H2,1-3H3. The maximum Gasteiger partial charge on any atom is 0.264 e. The molecule has 1 aliphatic heterocycles. The van der Waals surface area contributed by atoms with Crippen LogP contribution in [-0.2, 0) is 0 Å². The van der Waals surface area contributed by atoms with Gasteiger partial charge in [-0.25, -0.2) is 0 Å². The van der Waals surface area contributed by atoms with Crippen LogP contribution in [0.1, 0.15) is 40.8 Å². The number of carbonyl (C=O) groups is 2. The molecule has 7 heteroatoms. The molecule has 2 amide bonds. The van der Waals surface area contributed by atoms with Crippen molar-refractivity contribution < 1.29 is 14.3 Å². The zero-order chi connectivity index (χ0) is 24.8. The Morgan fingerprint density at radius 2 is 1.63 bits per heavy atom. The summed E-state index contributed by atoms with van der Waals surface area (Å²) >= 11 is 1.49. The van der Waals surface area contributed by atoms with Gasteiger partial charge in [0.15, 0.2) is 0 Å². The summed E-state index contributed by atoms with van der Waals surface area (Å²) in [6.45, 7) is 10.9. The molecule has 1 aromatic heterocycles. The molecule has 0 unspecified atom stereocenters. The van der Waals surface area contributed by atoms with E-state index in [1.54, 1.807) is 0 Å². The van der Waals surface area contributed by atoms with Crippen molar-refractivity contribution in [1.82, 2.24) is 9.80 Å². The van der Waals surface area contributed by atoms with Gasteiger partial charge in [0, 0.05) is 50.5 Å². The molecule has 4 rings (SSSR count). The van der Waals surface area contributed by atoms with Gasteiger partial charge in [-0.15, -0.1) is 11.3 Å². The first-order valence-corrected chi connectivity index (χ1v) is 13.2. The lowest BCUT2D eigenvalue weighted by Crippen LogP contribution is -2.48. The molecule has 0 aliphatic carbocycles. The molecule has 6 nitrogen and oxygen atoms in total. The predicted molar refractivity (Wildman–Crippen MR) is 143 cm³/mol. The highest BCUT2D eigenvalue weighted by Gasteiger charge is 2.24. The highest BCUT2D eigenvalue weighted by molar-refractivity contribution is 7.12. The van der Waals surface area contributed by atoms with Crippen molar-refractivity contribution in [3.05, 3.63) is 70.4 Å². The van der Waals surface area contributed by atoms with Crippen LogP contribution in [0.5, 0.6) is 5.75 Å². The van der Waals surface area contributed by atoms with E-state index in [2.05, 4.69) is 4.90 Å². The van der Waals surface area contributed by atoms with Crippen LogP contribution in [0.4, 0.5) is 5.69 Å². The Hall–Kier alpha value is -3.32. The number of thiophene rings is 1. The van der Waals surface area contributed by atoms with Crippen molar-refractivity contribution in [2.45, 2.75) is 20.8 Å². The number of benzene rings is 2. The fraction of sp³-hybridized carbons (Fsp3) is 0.357. The smallest absolute Gasteiger partial charge is 0.264 e. The first-order chi connectivity index (χ1) is 17.0. The largest absolute Gasteiger partial charge is 0.494 e. The second-order valence-electron chi connectivity index (χ2n) is 8.46. The summed E-state index contributed by atoms with van der Waals surface area (Å²) in [6, 6.07) is 17.8. The summed E-state index contributed by atoms with van der Waals surface area (Å²) in [4.78, 5) is 32.5. The Morgan fingerprint density at radius 1 is 0.914 bits per heavy atom. The molecule has 35 heavy (non-hydrogen) atoms. The predicted octanol–water partition coefficient (Wildman–Crippen LogP) is 5.26. The van der Waals surface area contributed by atoms with Crippen molar-refractivity contribution in [2.24, 2.45) is 0 Å². The minimum atomic E-state index is 0.0666. The monoisotopic (exact) mass is 491 g/mol. The van der Waals surface area contributed by atoms with Gasteiger partial charge in [-0.1, -0.05) is 12.1 Å². The molecule has 0 radical (unpaired) electrons. The summed E-state index contributed by atoms with van der Waals surface area (Å²) in [7, 11) is 0. The minimum Gasteiger partial charge on any atom is -0.494 e. The van der Waals surface area contributed by atoms with Crippen molar-refractivity contribution in [3.63, 3.8) is 0 Å². The maximum atomic E-state index is 13.1. The van der Waals surface area contributed by atoms with Gasteiger partial charge < -0.3 is 19.4 Å². The van der Waals surface area contributed by atoms with E-state index in [4.69, 9.17) is 4.74 Å². The van der Waals surface area contributed by atoms with Crippen LogP contribution in [0, 0.1) is 0 Å². The minimum absolute atomic E-state index is 0.0666. The van der Waals surface area contributed by atoms with Gasteiger partial charge in [0.2, 0.25) is 0 Å². The van der Waals surface area contributed by atoms with Gasteiger partial charge in [-0.05, 0) is 79.7 Å². The molecule has 2 aromatic carbocycles. The van der Waals surface area contributed by atoms with Gasteiger partial charge in [0.25, 0.3) is 11.8 Å². The molecule has 0 N–H and O–H groups in total. The van der Waals surface area contributed by atoms with Crippen molar-refractivity contribution in [3.8, 4) is 16.9 Å².